The largest absolute Gasteiger partial charge is 0.257 e. The number of imidazole rings is 1. The lowest BCUT2D eigenvalue weighted by Crippen LogP contribution is -2.37. The second-order valence-electron chi connectivity index (χ2n) is 15.4. The predicted molar refractivity (Wildman–Crippen MR) is 213 cm³/mol. The molecule has 1 aromatic heterocycles. The fraction of sp³-hybridized carbons (Fsp3) is 0.804. The Kier molecular flexibility index (Phi) is 29.0. The molecule has 0 aliphatic rings. The van der Waals surface area contributed by atoms with Crippen molar-refractivity contribution in [1.82, 2.24) is 4.98 Å². The van der Waals surface area contributed by atoms with Crippen LogP contribution in [0.3, 0.4) is 0 Å². The van der Waals surface area contributed by atoms with Crippen LogP contribution < -0.4 is 4.57 Å². The molecule has 0 radical (unpaired) electrons. The summed E-state index contributed by atoms with van der Waals surface area (Å²) in [7, 11) is 0. The molecule has 0 unspecified atom stereocenters. The number of unbranched alkanes of at least 4 members (excludes halogenated alkanes) is 27. The molecule has 0 bridgehead atoms. The lowest BCUT2D eigenvalue weighted by Gasteiger charge is -2.14. The van der Waals surface area contributed by atoms with Gasteiger partial charge in [0.05, 0.1) is 12.5 Å². The van der Waals surface area contributed by atoms with E-state index in [2.05, 4.69) is 66.1 Å². The average Bonchev–Trinajstić information content (AvgIpc) is 3.58. The zero-order valence-corrected chi connectivity index (χ0v) is 32.6. The third kappa shape index (κ3) is 23.7. The number of benzene rings is 1. The molecular formula is C46H83N2+. The predicted octanol–water partition coefficient (Wildman–Crippen LogP) is 15.2. The van der Waals surface area contributed by atoms with Gasteiger partial charge in [0.25, 0.3) is 5.82 Å². The molecule has 1 heterocycles. The molecule has 0 fully saturated rings. The first kappa shape index (κ1) is 42.6. The van der Waals surface area contributed by atoms with E-state index in [9.17, 15) is 0 Å². The van der Waals surface area contributed by atoms with Crippen LogP contribution >= 0.6 is 0 Å². The number of aryl methyl sites for hydroxylation is 2. The highest BCUT2D eigenvalue weighted by molar-refractivity contribution is 5.14. The first-order valence-corrected chi connectivity index (χ1v) is 22.0. The molecule has 0 spiro atoms. The lowest BCUT2D eigenvalue weighted by atomic mass is 9.93. The maximum absolute atomic E-state index is 3.72. The number of nitrogens with zero attached hydrogens (tertiary/aromatic N) is 1. The standard InChI is InChI=1S/C46H82N2/c1-3-5-7-9-11-13-15-17-18-19-21-23-25-27-29-34-40-45(39-33-28-26-24-22-20-16-14-12-10-8-6-4-2)46-47-41-43-48(46)42-35-38-44-36-31-30-32-37-44/h30-32,36-37,41,43,45H,3-29,33-35,38-40,42H2,1-2H3/p+1/t45-/m0/s1. The number of hydrogen-bond acceptors (Lipinski definition) is 0. The molecule has 0 saturated carbocycles. The molecular weight excluding hydrogens is 581 g/mol. The molecule has 1 atom stereocenters. The van der Waals surface area contributed by atoms with Crippen molar-refractivity contribution in [1.29, 1.82) is 0 Å². The van der Waals surface area contributed by atoms with Gasteiger partial charge in [-0.25, -0.2) is 9.55 Å². The van der Waals surface area contributed by atoms with Gasteiger partial charge in [0.2, 0.25) is 0 Å². The highest BCUT2D eigenvalue weighted by atomic mass is 15.1. The number of aromatic amines is 1. The van der Waals surface area contributed by atoms with Crippen molar-refractivity contribution in [2.24, 2.45) is 0 Å². The quantitative estimate of drug-likeness (QED) is 0.0553. The fourth-order valence-electron chi connectivity index (χ4n) is 7.79. The topological polar surface area (TPSA) is 19.7 Å². The number of aromatic nitrogens is 2. The summed E-state index contributed by atoms with van der Waals surface area (Å²) in [5, 5.41) is 0. The monoisotopic (exact) mass is 664 g/mol. The highest BCUT2D eigenvalue weighted by Crippen LogP contribution is 2.26. The fourth-order valence-corrected chi connectivity index (χ4v) is 7.79. The van der Waals surface area contributed by atoms with Crippen LogP contribution in [0.1, 0.15) is 237 Å². The Balaban J connectivity index is 1.61. The highest BCUT2D eigenvalue weighted by Gasteiger charge is 2.22. The second kappa shape index (κ2) is 32.6. The van der Waals surface area contributed by atoms with Crippen molar-refractivity contribution in [3.63, 3.8) is 0 Å². The molecule has 0 aliphatic heterocycles. The van der Waals surface area contributed by atoms with Crippen LogP contribution in [-0.4, -0.2) is 4.98 Å². The maximum atomic E-state index is 3.72. The van der Waals surface area contributed by atoms with Gasteiger partial charge in [-0.1, -0.05) is 230 Å². The van der Waals surface area contributed by atoms with Gasteiger partial charge in [0.15, 0.2) is 0 Å². The van der Waals surface area contributed by atoms with Crippen molar-refractivity contribution in [3.8, 4) is 0 Å². The van der Waals surface area contributed by atoms with E-state index >= 15 is 0 Å². The molecule has 2 heteroatoms. The zero-order valence-electron chi connectivity index (χ0n) is 32.6. The third-order valence-corrected chi connectivity index (χ3v) is 11.0. The molecule has 2 rings (SSSR count). The minimum absolute atomic E-state index is 0.691. The number of H-pyrrole nitrogens is 1. The Labute approximate surface area is 301 Å². The summed E-state index contributed by atoms with van der Waals surface area (Å²) in [4.78, 5) is 3.72. The molecule has 0 amide bonds. The van der Waals surface area contributed by atoms with E-state index in [1.165, 1.54) is 223 Å². The average molecular weight is 664 g/mol. The second-order valence-corrected chi connectivity index (χ2v) is 15.4. The van der Waals surface area contributed by atoms with Crippen LogP contribution in [0.5, 0.6) is 0 Å². The summed E-state index contributed by atoms with van der Waals surface area (Å²) in [6, 6.07) is 11.0. The summed E-state index contributed by atoms with van der Waals surface area (Å²) < 4.78 is 2.56. The molecule has 1 aromatic carbocycles. The molecule has 276 valence electrons. The molecule has 2 nitrogen and oxygen atoms in total. The van der Waals surface area contributed by atoms with Crippen LogP contribution in [0.4, 0.5) is 0 Å². The zero-order chi connectivity index (χ0) is 34.0. The van der Waals surface area contributed by atoms with E-state index in [-0.39, 0.29) is 0 Å². The molecule has 1 N–H and O–H groups in total. The van der Waals surface area contributed by atoms with Gasteiger partial charge in [0, 0.05) is 0 Å². The van der Waals surface area contributed by atoms with E-state index < -0.39 is 0 Å². The van der Waals surface area contributed by atoms with Gasteiger partial charge in [0.1, 0.15) is 12.4 Å². The van der Waals surface area contributed by atoms with Crippen molar-refractivity contribution >= 4 is 0 Å². The van der Waals surface area contributed by atoms with Gasteiger partial charge < -0.3 is 0 Å². The number of rotatable bonds is 36. The summed E-state index contributed by atoms with van der Waals surface area (Å²) in [5.41, 5.74) is 1.46. The van der Waals surface area contributed by atoms with Crippen LogP contribution in [0.15, 0.2) is 42.7 Å². The van der Waals surface area contributed by atoms with Gasteiger partial charge >= 0.3 is 0 Å². The maximum Gasteiger partial charge on any atom is 0.257 e. The summed E-state index contributed by atoms with van der Waals surface area (Å²) in [6.45, 7) is 5.75. The lowest BCUT2D eigenvalue weighted by molar-refractivity contribution is -0.704. The van der Waals surface area contributed by atoms with Crippen LogP contribution in [0.25, 0.3) is 0 Å². The Morgan fingerprint density at radius 3 is 1.23 bits per heavy atom. The van der Waals surface area contributed by atoms with Gasteiger partial charge in [-0.3, -0.25) is 0 Å². The van der Waals surface area contributed by atoms with E-state index in [0.29, 0.717) is 5.92 Å². The van der Waals surface area contributed by atoms with Gasteiger partial charge in [-0.15, -0.1) is 0 Å². The third-order valence-electron chi connectivity index (χ3n) is 11.0. The van der Waals surface area contributed by atoms with Crippen molar-refractivity contribution < 1.29 is 4.57 Å². The van der Waals surface area contributed by atoms with E-state index in [4.69, 9.17) is 0 Å². The van der Waals surface area contributed by atoms with Crippen molar-refractivity contribution in [2.45, 2.75) is 238 Å². The summed E-state index contributed by atoms with van der Waals surface area (Å²) >= 11 is 0. The first-order valence-electron chi connectivity index (χ1n) is 22.0. The number of hydrogen-bond donors (Lipinski definition) is 1. The Morgan fingerprint density at radius 2 is 0.833 bits per heavy atom. The van der Waals surface area contributed by atoms with E-state index in [0.717, 1.165) is 6.54 Å². The molecule has 0 saturated heterocycles. The van der Waals surface area contributed by atoms with Crippen molar-refractivity contribution in [2.75, 3.05) is 0 Å². The normalized spacial score (nSPS) is 12.2. The van der Waals surface area contributed by atoms with Crippen molar-refractivity contribution in [3.05, 3.63) is 54.1 Å². The smallest absolute Gasteiger partial charge is 0.247 e. The molecule has 2 aromatic rings. The van der Waals surface area contributed by atoms with Crippen LogP contribution in [0, 0.1) is 0 Å². The Hall–Kier alpha value is -1.57. The van der Waals surface area contributed by atoms with E-state index in [1.54, 1.807) is 0 Å². The van der Waals surface area contributed by atoms with Gasteiger partial charge in [-0.2, -0.15) is 0 Å². The number of nitrogens with one attached hydrogen (secondary N) is 1. The van der Waals surface area contributed by atoms with Gasteiger partial charge in [-0.05, 0) is 31.2 Å². The Bertz CT molecular complexity index is 902. The van der Waals surface area contributed by atoms with Crippen LogP contribution in [-0.2, 0) is 13.0 Å². The SMILES string of the molecule is CCCCCCCCCCCCCCCCCC[C@H](CCCCCCCCCCCCCCC)c1[nH]cc[n+]1CCCc1ccccc1. The minimum atomic E-state index is 0.691. The van der Waals surface area contributed by atoms with Crippen LogP contribution in [0.2, 0.25) is 0 Å². The molecule has 48 heavy (non-hydrogen) atoms. The van der Waals surface area contributed by atoms with E-state index in [1.807, 2.05) is 0 Å². The summed E-state index contributed by atoms with van der Waals surface area (Å²) in [5.74, 6) is 2.19. The Morgan fingerprint density at radius 1 is 0.458 bits per heavy atom. The minimum Gasteiger partial charge on any atom is -0.247 e. The summed E-state index contributed by atoms with van der Waals surface area (Å²) in [6.07, 6.45) is 51.5. The first-order chi connectivity index (χ1) is 23.8. The molecule has 0 aliphatic carbocycles.